The molecule has 154 valence electrons. The molecule has 0 aliphatic rings. The zero-order chi connectivity index (χ0) is 21.3. The Hall–Kier alpha value is -3.10. The first kappa shape index (κ1) is 20.2. The summed E-state index contributed by atoms with van der Waals surface area (Å²) in [6, 6.07) is 14.5. The van der Waals surface area contributed by atoms with Crippen LogP contribution in [-0.2, 0) is 4.79 Å². The second kappa shape index (κ2) is 7.97. The summed E-state index contributed by atoms with van der Waals surface area (Å²) in [6.07, 6.45) is 0. The third-order valence-electron chi connectivity index (χ3n) is 4.41. The SMILES string of the molecule is COc1cccc(-c2csc3nc(NC(=O)C(C)(C)Oc4ccc(Cl)cc4)nn23)c1. The number of thiazole rings is 1. The number of hydrogen-bond acceptors (Lipinski definition) is 6. The summed E-state index contributed by atoms with van der Waals surface area (Å²) in [5.74, 6) is 1.14. The monoisotopic (exact) mass is 442 g/mol. The van der Waals surface area contributed by atoms with E-state index < -0.39 is 5.60 Å². The number of fused-ring (bicyclic) bond motifs is 1. The predicted molar refractivity (Wildman–Crippen MR) is 118 cm³/mol. The van der Waals surface area contributed by atoms with Gasteiger partial charge in [-0.3, -0.25) is 10.1 Å². The Morgan fingerprint density at radius 3 is 2.67 bits per heavy atom. The highest BCUT2D eigenvalue weighted by Crippen LogP contribution is 2.28. The molecular formula is C21H19ClN4O3S. The van der Waals surface area contributed by atoms with Gasteiger partial charge in [0.05, 0.1) is 12.8 Å². The highest BCUT2D eigenvalue weighted by Gasteiger charge is 2.31. The summed E-state index contributed by atoms with van der Waals surface area (Å²) in [4.78, 5) is 17.9. The molecule has 0 radical (unpaired) electrons. The third kappa shape index (κ3) is 4.10. The normalized spacial score (nSPS) is 11.5. The van der Waals surface area contributed by atoms with Gasteiger partial charge in [0, 0.05) is 16.0 Å². The number of methoxy groups -OCH3 is 1. The Kier molecular flexibility index (Phi) is 5.36. The first-order valence-electron chi connectivity index (χ1n) is 9.10. The first-order chi connectivity index (χ1) is 14.4. The molecule has 0 bridgehead atoms. The summed E-state index contributed by atoms with van der Waals surface area (Å²) < 4.78 is 12.8. The van der Waals surface area contributed by atoms with E-state index in [2.05, 4.69) is 15.4 Å². The fourth-order valence-corrected chi connectivity index (χ4v) is 3.77. The van der Waals surface area contributed by atoms with Crippen molar-refractivity contribution in [2.45, 2.75) is 19.4 Å². The number of halogens is 1. The topological polar surface area (TPSA) is 77.8 Å². The number of benzene rings is 2. The molecule has 0 atom stereocenters. The summed E-state index contributed by atoms with van der Waals surface area (Å²) in [6.45, 7) is 3.36. The van der Waals surface area contributed by atoms with Crippen LogP contribution >= 0.6 is 22.9 Å². The molecule has 4 rings (SSSR count). The number of rotatable bonds is 6. The van der Waals surface area contributed by atoms with Gasteiger partial charge in [0.1, 0.15) is 11.5 Å². The molecule has 9 heteroatoms. The number of nitrogens with zero attached hydrogens (tertiary/aromatic N) is 3. The Bertz CT molecular complexity index is 1200. The van der Waals surface area contributed by atoms with Crippen LogP contribution in [0.2, 0.25) is 5.02 Å². The number of aromatic nitrogens is 3. The van der Waals surface area contributed by atoms with Crippen LogP contribution in [0.1, 0.15) is 13.8 Å². The van der Waals surface area contributed by atoms with Crippen molar-refractivity contribution in [3.8, 4) is 22.8 Å². The van der Waals surface area contributed by atoms with Gasteiger partial charge >= 0.3 is 0 Å². The number of amides is 1. The van der Waals surface area contributed by atoms with Gasteiger partial charge in [-0.05, 0) is 50.2 Å². The Balaban J connectivity index is 1.54. The second-order valence-corrected chi connectivity index (χ2v) is 8.28. The van der Waals surface area contributed by atoms with E-state index in [9.17, 15) is 4.79 Å². The lowest BCUT2D eigenvalue weighted by Gasteiger charge is -2.24. The molecule has 0 spiro atoms. The Labute approximate surface area is 182 Å². The number of carbonyl (C=O) groups is 1. The fourth-order valence-electron chi connectivity index (χ4n) is 2.81. The number of hydrogen-bond donors (Lipinski definition) is 1. The minimum absolute atomic E-state index is 0.212. The minimum atomic E-state index is -1.14. The van der Waals surface area contributed by atoms with Crippen LogP contribution in [0.5, 0.6) is 11.5 Å². The van der Waals surface area contributed by atoms with Gasteiger partial charge < -0.3 is 9.47 Å². The van der Waals surface area contributed by atoms with Gasteiger partial charge in [-0.15, -0.1) is 16.4 Å². The molecular weight excluding hydrogens is 424 g/mol. The van der Waals surface area contributed by atoms with Crippen LogP contribution in [-0.4, -0.2) is 33.2 Å². The van der Waals surface area contributed by atoms with Crippen molar-refractivity contribution >= 4 is 39.8 Å². The van der Waals surface area contributed by atoms with Crippen LogP contribution in [0, 0.1) is 0 Å². The summed E-state index contributed by atoms with van der Waals surface area (Å²) in [5, 5.41) is 9.74. The average Bonchev–Trinajstić information content (AvgIpc) is 3.29. The molecule has 0 saturated heterocycles. The quantitative estimate of drug-likeness (QED) is 0.458. The molecule has 1 N–H and O–H groups in total. The maximum absolute atomic E-state index is 12.8. The second-order valence-electron chi connectivity index (χ2n) is 7.00. The molecule has 4 aromatic rings. The predicted octanol–water partition coefficient (Wildman–Crippen LogP) is 4.92. The van der Waals surface area contributed by atoms with Crippen molar-refractivity contribution in [3.63, 3.8) is 0 Å². The number of ether oxygens (including phenoxy) is 2. The van der Waals surface area contributed by atoms with E-state index in [0.29, 0.717) is 15.7 Å². The zero-order valence-electron chi connectivity index (χ0n) is 16.5. The van der Waals surface area contributed by atoms with Gasteiger partial charge in [-0.25, -0.2) is 4.52 Å². The molecule has 0 aliphatic carbocycles. The van der Waals surface area contributed by atoms with Crippen molar-refractivity contribution in [1.29, 1.82) is 0 Å². The molecule has 0 aliphatic heterocycles. The summed E-state index contributed by atoms with van der Waals surface area (Å²) in [7, 11) is 1.62. The van der Waals surface area contributed by atoms with Crippen molar-refractivity contribution in [1.82, 2.24) is 14.6 Å². The van der Waals surface area contributed by atoms with E-state index in [1.54, 1.807) is 49.7 Å². The largest absolute Gasteiger partial charge is 0.497 e. The van der Waals surface area contributed by atoms with Crippen molar-refractivity contribution in [3.05, 3.63) is 58.9 Å². The van der Waals surface area contributed by atoms with E-state index in [0.717, 1.165) is 17.0 Å². The number of carbonyl (C=O) groups excluding carboxylic acids is 1. The van der Waals surface area contributed by atoms with Gasteiger partial charge in [0.15, 0.2) is 5.60 Å². The van der Waals surface area contributed by atoms with Gasteiger partial charge in [-0.2, -0.15) is 4.98 Å². The maximum atomic E-state index is 12.8. The lowest BCUT2D eigenvalue weighted by Crippen LogP contribution is -2.42. The molecule has 7 nitrogen and oxygen atoms in total. The smallest absolute Gasteiger partial charge is 0.270 e. The molecule has 1 amide bonds. The molecule has 2 heterocycles. The number of nitrogens with one attached hydrogen (secondary N) is 1. The van der Waals surface area contributed by atoms with Crippen LogP contribution < -0.4 is 14.8 Å². The summed E-state index contributed by atoms with van der Waals surface area (Å²) >= 11 is 7.33. The Morgan fingerprint density at radius 1 is 1.17 bits per heavy atom. The van der Waals surface area contributed by atoms with E-state index in [-0.39, 0.29) is 11.9 Å². The van der Waals surface area contributed by atoms with Crippen LogP contribution in [0.4, 0.5) is 5.95 Å². The summed E-state index contributed by atoms with van der Waals surface area (Å²) in [5.41, 5.74) is 0.663. The molecule has 0 unspecified atom stereocenters. The van der Waals surface area contributed by atoms with Crippen molar-refractivity contribution in [2.75, 3.05) is 12.4 Å². The molecule has 30 heavy (non-hydrogen) atoms. The first-order valence-corrected chi connectivity index (χ1v) is 10.4. The van der Waals surface area contributed by atoms with Crippen molar-refractivity contribution in [2.24, 2.45) is 0 Å². The fraction of sp³-hybridized carbons (Fsp3) is 0.190. The van der Waals surface area contributed by atoms with E-state index >= 15 is 0 Å². The number of anilines is 1. The van der Waals surface area contributed by atoms with Crippen molar-refractivity contribution < 1.29 is 14.3 Å². The highest BCUT2D eigenvalue weighted by molar-refractivity contribution is 7.15. The molecule has 2 aromatic heterocycles. The third-order valence-corrected chi connectivity index (χ3v) is 5.47. The van der Waals surface area contributed by atoms with Crippen LogP contribution in [0.15, 0.2) is 53.9 Å². The van der Waals surface area contributed by atoms with Gasteiger partial charge in [0.2, 0.25) is 4.96 Å². The van der Waals surface area contributed by atoms with Gasteiger partial charge in [-0.1, -0.05) is 23.7 Å². The minimum Gasteiger partial charge on any atom is -0.497 e. The lowest BCUT2D eigenvalue weighted by molar-refractivity contribution is -0.128. The average molecular weight is 443 g/mol. The zero-order valence-corrected chi connectivity index (χ0v) is 18.1. The van der Waals surface area contributed by atoms with Crippen LogP contribution in [0.25, 0.3) is 16.2 Å². The lowest BCUT2D eigenvalue weighted by atomic mass is 10.1. The molecule has 0 fully saturated rings. The van der Waals surface area contributed by atoms with E-state index in [4.69, 9.17) is 21.1 Å². The highest BCUT2D eigenvalue weighted by atomic mass is 35.5. The van der Waals surface area contributed by atoms with E-state index in [1.165, 1.54) is 11.3 Å². The Morgan fingerprint density at radius 2 is 1.93 bits per heavy atom. The maximum Gasteiger partial charge on any atom is 0.270 e. The van der Waals surface area contributed by atoms with Crippen LogP contribution in [0.3, 0.4) is 0 Å². The van der Waals surface area contributed by atoms with Gasteiger partial charge in [0.25, 0.3) is 11.9 Å². The standard InChI is InChI=1S/C21H19ClN4O3S/c1-21(2,29-15-9-7-14(22)8-10-15)18(27)23-19-24-20-26(25-19)17(12-30-20)13-5-4-6-16(11-13)28-3/h4-12H,1-3H3,(H,23,25,27). The molecule has 2 aromatic carbocycles. The molecule has 0 saturated carbocycles. The van der Waals surface area contributed by atoms with E-state index in [1.807, 2.05) is 29.6 Å².